The van der Waals surface area contributed by atoms with E-state index in [2.05, 4.69) is 45.9 Å². The van der Waals surface area contributed by atoms with Crippen LogP contribution in [0.25, 0.3) is 0 Å². The van der Waals surface area contributed by atoms with Crippen molar-refractivity contribution in [2.45, 2.75) is 58.9 Å². The van der Waals surface area contributed by atoms with Crippen LogP contribution in [0.2, 0.25) is 0 Å². The van der Waals surface area contributed by atoms with Gasteiger partial charge < -0.3 is 10.5 Å². The minimum Gasteiger partial charge on any atom is -0.496 e. The van der Waals surface area contributed by atoms with E-state index in [9.17, 15) is 0 Å². The predicted octanol–water partition coefficient (Wildman–Crippen LogP) is 4.39. The first-order chi connectivity index (χ1) is 9.26. The second kappa shape index (κ2) is 5.40. The van der Waals surface area contributed by atoms with Crippen LogP contribution in [0.15, 0.2) is 18.2 Å². The minimum absolute atomic E-state index is 0.223. The van der Waals surface area contributed by atoms with Gasteiger partial charge in [0.15, 0.2) is 0 Å². The SMILES string of the molecule is COc1ccc(C)cc1C1(N)CCC(C(C)(C)C)CC1. The van der Waals surface area contributed by atoms with E-state index in [1.807, 2.05) is 0 Å². The van der Waals surface area contributed by atoms with Gasteiger partial charge >= 0.3 is 0 Å². The maximum atomic E-state index is 6.75. The molecule has 0 unspecified atom stereocenters. The second-order valence-corrected chi connectivity index (χ2v) is 7.50. The molecule has 1 aliphatic rings. The van der Waals surface area contributed by atoms with Crippen LogP contribution in [0.3, 0.4) is 0 Å². The van der Waals surface area contributed by atoms with Crippen molar-refractivity contribution in [3.8, 4) is 5.75 Å². The number of ether oxygens (including phenoxy) is 1. The quantitative estimate of drug-likeness (QED) is 0.868. The maximum absolute atomic E-state index is 6.75. The number of hydrogen-bond acceptors (Lipinski definition) is 2. The molecule has 1 aliphatic carbocycles. The number of hydrogen-bond donors (Lipinski definition) is 1. The van der Waals surface area contributed by atoms with Crippen LogP contribution in [-0.4, -0.2) is 7.11 Å². The highest BCUT2D eigenvalue weighted by Gasteiger charge is 2.38. The Kier molecular flexibility index (Phi) is 4.15. The molecule has 0 saturated heterocycles. The number of aryl methyl sites for hydroxylation is 1. The summed E-state index contributed by atoms with van der Waals surface area (Å²) < 4.78 is 5.53. The molecule has 1 aromatic rings. The van der Waals surface area contributed by atoms with Gasteiger partial charge in [-0.15, -0.1) is 0 Å². The minimum atomic E-state index is -0.223. The number of nitrogens with two attached hydrogens (primary N) is 1. The Balaban J connectivity index is 2.24. The van der Waals surface area contributed by atoms with Crippen LogP contribution in [0.1, 0.15) is 57.6 Å². The van der Waals surface area contributed by atoms with Crippen molar-refractivity contribution in [1.82, 2.24) is 0 Å². The first kappa shape index (κ1) is 15.4. The second-order valence-electron chi connectivity index (χ2n) is 7.50. The summed E-state index contributed by atoms with van der Waals surface area (Å²) in [6.07, 6.45) is 4.51. The summed E-state index contributed by atoms with van der Waals surface area (Å²) in [5, 5.41) is 0. The molecule has 0 radical (unpaired) electrons. The first-order valence-corrected chi connectivity index (χ1v) is 7.70. The number of benzene rings is 1. The van der Waals surface area contributed by atoms with E-state index in [-0.39, 0.29) is 5.54 Å². The molecule has 2 nitrogen and oxygen atoms in total. The van der Waals surface area contributed by atoms with Crippen LogP contribution < -0.4 is 10.5 Å². The Labute approximate surface area is 123 Å². The molecule has 0 spiro atoms. The molecule has 0 aromatic heterocycles. The summed E-state index contributed by atoms with van der Waals surface area (Å²) >= 11 is 0. The van der Waals surface area contributed by atoms with Crippen molar-refractivity contribution >= 4 is 0 Å². The molecule has 2 heteroatoms. The van der Waals surface area contributed by atoms with E-state index in [0.717, 1.165) is 24.5 Å². The monoisotopic (exact) mass is 275 g/mol. The molecule has 112 valence electrons. The van der Waals surface area contributed by atoms with E-state index in [1.165, 1.54) is 24.0 Å². The van der Waals surface area contributed by atoms with Crippen LogP contribution in [-0.2, 0) is 5.54 Å². The lowest BCUT2D eigenvalue weighted by Crippen LogP contribution is -2.42. The third-order valence-corrected chi connectivity index (χ3v) is 4.99. The highest BCUT2D eigenvalue weighted by molar-refractivity contribution is 5.42. The van der Waals surface area contributed by atoms with Gasteiger partial charge in [0.1, 0.15) is 5.75 Å². The topological polar surface area (TPSA) is 35.2 Å². The van der Waals surface area contributed by atoms with E-state index >= 15 is 0 Å². The van der Waals surface area contributed by atoms with Gasteiger partial charge in [-0.1, -0.05) is 38.5 Å². The highest BCUT2D eigenvalue weighted by atomic mass is 16.5. The van der Waals surface area contributed by atoms with E-state index in [0.29, 0.717) is 5.41 Å². The van der Waals surface area contributed by atoms with Gasteiger partial charge in [-0.05, 0) is 50.0 Å². The Bertz CT molecular complexity index is 465. The van der Waals surface area contributed by atoms with Crippen LogP contribution in [0.4, 0.5) is 0 Å². The lowest BCUT2D eigenvalue weighted by Gasteiger charge is -2.42. The maximum Gasteiger partial charge on any atom is 0.123 e. The van der Waals surface area contributed by atoms with Crippen LogP contribution >= 0.6 is 0 Å². The standard InChI is InChI=1S/C18H29NO/c1-13-6-7-16(20-5)15(12-13)18(19)10-8-14(9-11-18)17(2,3)4/h6-7,12,14H,8-11,19H2,1-5H3. The van der Waals surface area contributed by atoms with Crippen molar-refractivity contribution in [2.75, 3.05) is 7.11 Å². The largest absolute Gasteiger partial charge is 0.496 e. The third kappa shape index (κ3) is 3.01. The average molecular weight is 275 g/mol. The van der Waals surface area contributed by atoms with Crippen LogP contribution in [0.5, 0.6) is 5.75 Å². The zero-order chi connectivity index (χ0) is 15.0. The molecule has 1 fully saturated rings. The molecule has 1 aromatic carbocycles. The normalized spacial score (nSPS) is 27.4. The Hall–Kier alpha value is -1.02. The van der Waals surface area contributed by atoms with E-state index < -0.39 is 0 Å². The fourth-order valence-electron chi connectivity index (χ4n) is 3.48. The molecule has 20 heavy (non-hydrogen) atoms. The molecule has 2 rings (SSSR count). The van der Waals surface area contributed by atoms with Gasteiger partial charge in [0, 0.05) is 11.1 Å². The Morgan fingerprint density at radius 3 is 2.30 bits per heavy atom. The van der Waals surface area contributed by atoms with Crippen molar-refractivity contribution in [2.24, 2.45) is 17.1 Å². The number of methoxy groups -OCH3 is 1. The smallest absolute Gasteiger partial charge is 0.123 e. The lowest BCUT2D eigenvalue weighted by molar-refractivity contribution is 0.132. The fraction of sp³-hybridized carbons (Fsp3) is 0.667. The Morgan fingerprint density at radius 1 is 1.20 bits per heavy atom. The summed E-state index contributed by atoms with van der Waals surface area (Å²) in [6.45, 7) is 9.14. The molecule has 0 heterocycles. The van der Waals surface area contributed by atoms with E-state index in [4.69, 9.17) is 10.5 Å². The summed E-state index contributed by atoms with van der Waals surface area (Å²) in [5.41, 5.74) is 9.36. The van der Waals surface area contributed by atoms with Crippen molar-refractivity contribution in [3.05, 3.63) is 29.3 Å². The van der Waals surface area contributed by atoms with Gasteiger partial charge in [0.2, 0.25) is 0 Å². The van der Waals surface area contributed by atoms with Gasteiger partial charge in [-0.25, -0.2) is 0 Å². The van der Waals surface area contributed by atoms with Gasteiger partial charge in [-0.3, -0.25) is 0 Å². The zero-order valence-corrected chi connectivity index (χ0v) is 13.6. The lowest BCUT2D eigenvalue weighted by atomic mass is 9.66. The fourth-order valence-corrected chi connectivity index (χ4v) is 3.48. The average Bonchev–Trinajstić information content (AvgIpc) is 2.38. The zero-order valence-electron chi connectivity index (χ0n) is 13.6. The van der Waals surface area contributed by atoms with Gasteiger partial charge in [-0.2, -0.15) is 0 Å². The van der Waals surface area contributed by atoms with Gasteiger partial charge in [0.25, 0.3) is 0 Å². The molecule has 1 saturated carbocycles. The summed E-state index contributed by atoms with van der Waals surface area (Å²) in [5.74, 6) is 1.71. The van der Waals surface area contributed by atoms with Crippen molar-refractivity contribution in [3.63, 3.8) is 0 Å². The van der Waals surface area contributed by atoms with Gasteiger partial charge in [0.05, 0.1) is 7.11 Å². The number of rotatable bonds is 2. The molecular weight excluding hydrogens is 246 g/mol. The first-order valence-electron chi connectivity index (χ1n) is 7.70. The Morgan fingerprint density at radius 2 is 1.80 bits per heavy atom. The molecule has 0 amide bonds. The van der Waals surface area contributed by atoms with E-state index in [1.54, 1.807) is 7.11 Å². The predicted molar refractivity (Wildman–Crippen MR) is 85.0 cm³/mol. The van der Waals surface area contributed by atoms with Crippen LogP contribution in [0, 0.1) is 18.3 Å². The van der Waals surface area contributed by atoms with Crippen molar-refractivity contribution < 1.29 is 4.74 Å². The third-order valence-electron chi connectivity index (χ3n) is 4.99. The molecule has 0 atom stereocenters. The molecule has 0 bridgehead atoms. The summed E-state index contributed by atoms with van der Waals surface area (Å²) in [6, 6.07) is 6.35. The van der Waals surface area contributed by atoms with Crippen molar-refractivity contribution in [1.29, 1.82) is 0 Å². The summed E-state index contributed by atoms with van der Waals surface area (Å²) in [4.78, 5) is 0. The molecular formula is C18H29NO. The molecule has 2 N–H and O–H groups in total. The highest BCUT2D eigenvalue weighted by Crippen LogP contribution is 2.46. The summed E-state index contributed by atoms with van der Waals surface area (Å²) in [7, 11) is 1.73. The molecule has 0 aliphatic heterocycles.